The summed E-state index contributed by atoms with van der Waals surface area (Å²) in [5.74, 6) is 0.268. The van der Waals surface area contributed by atoms with E-state index in [1.807, 2.05) is 13.8 Å². The van der Waals surface area contributed by atoms with Crippen molar-refractivity contribution in [3.63, 3.8) is 0 Å². The first-order chi connectivity index (χ1) is 14.7. The van der Waals surface area contributed by atoms with Gasteiger partial charge in [0.15, 0.2) is 5.78 Å². The second-order valence-electron chi connectivity index (χ2n) is 8.33. The zero-order chi connectivity index (χ0) is 23.8. The third-order valence-electron chi connectivity index (χ3n) is 5.11. The van der Waals surface area contributed by atoms with Gasteiger partial charge in [-0.05, 0) is 32.2 Å². The van der Waals surface area contributed by atoms with Crippen molar-refractivity contribution in [3.05, 3.63) is 0 Å². The maximum absolute atomic E-state index is 12.6. The van der Waals surface area contributed by atoms with E-state index in [0.29, 0.717) is 25.8 Å². The Morgan fingerprint density at radius 1 is 1.03 bits per heavy atom. The molecule has 0 bridgehead atoms. The number of carbonyl (C=O) groups is 4. The van der Waals surface area contributed by atoms with Crippen molar-refractivity contribution in [1.82, 2.24) is 10.6 Å². The predicted octanol–water partition coefficient (Wildman–Crippen LogP) is 0.949. The lowest BCUT2D eigenvalue weighted by molar-refractivity contribution is -0.133. The molecule has 0 aliphatic rings. The highest BCUT2D eigenvalue weighted by Gasteiger charge is 2.27. The van der Waals surface area contributed by atoms with Gasteiger partial charge in [-0.25, -0.2) is 0 Å². The van der Waals surface area contributed by atoms with E-state index in [1.54, 1.807) is 6.92 Å². The summed E-state index contributed by atoms with van der Waals surface area (Å²) in [5, 5.41) is 14.4. The molecule has 0 aliphatic carbocycles. The van der Waals surface area contributed by atoms with Crippen LogP contribution in [0.2, 0.25) is 0 Å². The minimum absolute atomic E-state index is 0.0130. The highest BCUT2D eigenvalue weighted by Crippen LogP contribution is 2.17. The molecule has 5 N–H and O–H groups in total. The molecule has 176 valence electrons. The van der Waals surface area contributed by atoms with Gasteiger partial charge in [-0.3, -0.25) is 19.2 Å². The quantitative estimate of drug-likeness (QED) is 0.197. The van der Waals surface area contributed by atoms with Gasteiger partial charge in [0, 0.05) is 43.6 Å². The molecule has 0 rings (SSSR count). The summed E-state index contributed by atoms with van der Waals surface area (Å²) in [4.78, 5) is 49.4. The van der Waals surface area contributed by atoms with E-state index < -0.39 is 17.9 Å². The Morgan fingerprint density at radius 3 is 2.26 bits per heavy atom. The first-order valence-electron chi connectivity index (χ1n) is 11.0. The predicted molar refractivity (Wildman–Crippen MR) is 120 cm³/mol. The van der Waals surface area contributed by atoms with Gasteiger partial charge in [0.1, 0.15) is 5.78 Å². The minimum atomic E-state index is -0.552. The third kappa shape index (κ3) is 12.9. The van der Waals surface area contributed by atoms with Gasteiger partial charge in [0.2, 0.25) is 11.8 Å². The SMILES string of the molecule is C#CCCC(=O)C[C@@H](CCCCN)C(=O)NCC(=O)C[C@H](C(=O)N[C@H](C)CO)C(C)C. The highest BCUT2D eigenvalue weighted by atomic mass is 16.3. The van der Waals surface area contributed by atoms with Crippen molar-refractivity contribution in [2.24, 2.45) is 23.5 Å². The number of nitrogens with two attached hydrogens (primary N) is 1. The molecule has 0 aromatic heterocycles. The van der Waals surface area contributed by atoms with Crippen LogP contribution in [0.5, 0.6) is 0 Å². The summed E-state index contributed by atoms with van der Waals surface area (Å²) in [6.07, 6.45) is 7.80. The number of aliphatic hydroxyl groups excluding tert-OH is 1. The average molecular weight is 438 g/mol. The first kappa shape index (κ1) is 28.8. The standard InChI is InChI=1S/C23H39N3O5/c1-5-6-10-19(28)12-18(9-7-8-11-24)22(30)25-14-20(29)13-21(16(2)3)23(31)26-17(4)15-27/h1,16-18,21,27H,6-15,24H2,2-4H3,(H,25,30)(H,26,31)/t17-,18-,21+/m1/s1. The lowest BCUT2D eigenvalue weighted by atomic mass is 9.89. The molecule has 3 atom stereocenters. The molecule has 2 amide bonds. The monoisotopic (exact) mass is 437 g/mol. The van der Waals surface area contributed by atoms with Crippen LogP contribution < -0.4 is 16.4 Å². The van der Waals surface area contributed by atoms with Crippen molar-refractivity contribution in [1.29, 1.82) is 0 Å². The van der Waals surface area contributed by atoms with Crippen LogP contribution in [0.1, 0.15) is 65.7 Å². The Bertz CT molecular complexity index is 627. The van der Waals surface area contributed by atoms with E-state index >= 15 is 0 Å². The van der Waals surface area contributed by atoms with Crippen LogP contribution >= 0.6 is 0 Å². The van der Waals surface area contributed by atoms with Gasteiger partial charge in [0.25, 0.3) is 0 Å². The van der Waals surface area contributed by atoms with Gasteiger partial charge >= 0.3 is 0 Å². The highest BCUT2D eigenvalue weighted by molar-refractivity contribution is 5.92. The van der Waals surface area contributed by atoms with Gasteiger partial charge in [-0.15, -0.1) is 12.3 Å². The minimum Gasteiger partial charge on any atom is -0.394 e. The number of hydrogen-bond acceptors (Lipinski definition) is 6. The molecule has 0 unspecified atom stereocenters. The fourth-order valence-corrected chi connectivity index (χ4v) is 3.12. The summed E-state index contributed by atoms with van der Waals surface area (Å²) < 4.78 is 0. The summed E-state index contributed by atoms with van der Waals surface area (Å²) in [6, 6.07) is -0.398. The van der Waals surface area contributed by atoms with Crippen molar-refractivity contribution < 1.29 is 24.3 Å². The maximum Gasteiger partial charge on any atom is 0.224 e. The Balaban J connectivity index is 4.83. The fraction of sp³-hybridized carbons (Fsp3) is 0.739. The van der Waals surface area contributed by atoms with E-state index in [4.69, 9.17) is 17.3 Å². The summed E-state index contributed by atoms with van der Waals surface area (Å²) >= 11 is 0. The van der Waals surface area contributed by atoms with Gasteiger partial charge in [-0.1, -0.05) is 20.3 Å². The molecule has 8 heteroatoms. The Kier molecular flexibility index (Phi) is 15.3. The molecular weight excluding hydrogens is 398 g/mol. The molecular formula is C23H39N3O5. The molecule has 0 saturated heterocycles. The molecule has 8 nitrogen and oxygen atoms in total. The van der Waals surface area contributed by atoms with Crippen LogP contribution in [0.4, 0.5) is 0 Å². The maximum atomic E-state index is 12.6. The second-order valence-corrected chi connectivity index (χ2v) is 8.33. The molecule has 0 heterocycles. The number of Topliss-reactive ketones (excluding diaryl/α,β-unsaturated/α-hetero) is 2. The average Bonchev–Trinajstić information content (AvgIpc) is 2.73. The number of carbonyl (C=O) groups excluding carboxylic acids is 4. The smallest absolute Gasteiger partial charge is 0.224 e. The number of nitrogens with one attached hydrogen (secondary N) is 2. The number of ketones is 2. The zero-order valence-electron chi connectivity index (χ0n) is 19.1. The number of amides is 2. The lowest BCUT2D eigenvalue weighted by Crippen LogP contribution is -2.42. The van der Waals surface area contributed by atoms with Gasteiger partial charge < -0.3 is 21.5 Å². The van der Waals surface area contributed by atoms with Crippen LogP contribution in [0, 0.1) is 30.1 Å². The van der Waals surface area contributed by atoms with E-state index in [1.165, 1.54) is 0 Å². The normalized spacial score (nSPS) is 13.7. The van der Waals surface area contributed by atoms with E-state index in [-0.39, 0.29) is 61.7 Å². The Hall–Kier alpha value is -2.24. The van der Waals surface area contributed by atoms with Gasteiger partial charge in [-0.2, -0.15) is 0 Å². The Labute approximate surface area is 186 Å². The molecule has 31 heavy (non-hydrogen) atoms. The fourth-order valence-electron chi connectivity index (χ4n) is 3.12. The van der Waals surface area contributed by atoms with Crippen molar-refractivity contribution in [3.8, 4) is 12.3 Å². The van der Waals surface area contributed by atoms with Crippen molar-refractivity contribution in [2.75, 3.05) is 19.7 Å². The van der Waals surface area contributed by atoms with Crippen LogP contribution in [-0.2, 0) is 19.2 Å². The molecule has 0 fully saturated rings. The molecule has 0 aliphatic heterocycles. The van der Waals surface area contributed by atoms with Crippen molar-refractivity contribution >= 4 is 23.4 Å². The molecule has 0 saturated carbocycles. The van der Waals surface area contributed by atoms with Crippen molar-refractivity contribution in [2.45, 2.75) is 71.8 Å². The van der Waals surface area contributed by atoms with E-state index in [0.717, 1.165) is 6.42 Å². The number of terminal acetylenes is 1. The molecule has 0 aromatic rings. The molecule has 0 spiro atoms. The number of rotatable bonds is 17. The summed E-state index contributed by atoms with van der Waals surface area (Å²) in [6.45, 7) is 5.48. The van der Waals surface area contributed by atoms with E-state index in [2.05, 4.69) is 16.6 Å². The zero-order valence-corrected chi connectivity index (χ0v) is 19.1. The van der Waals surface area contributed by atoms with Gasteiger partial charge in [0.05, 0.1) is 13.2 Å². The van der Waals surface area contributed by atoms with Crippen LogP contribution in [-0.4, -0.2) is 54.2 Å². The summed E-state index contributed by atoms with van der Waals surface area (Å²) in [7, 11) is 0. The molecule has 0 aromatic carbocycles. The Morgan fingerprint density at radius 2 is 1.71 bits per heavy atom. The largest absolute Gasteiger partial charge is 0.394 e. The van der Waals surface area contributed by atoms with E-state index in [9.17, 15) is 19.2 Å². The third-order valence-corrected chi connectivity index (χ3v) is 5.11. The number of hydrogen-bond donors (Lipinski definition) is 4. The summed E-state index contributed by atoms with van der Waals surface area (Å²) in [5.41, 5.74) is 5.51. The van der Waals surface area contributed by atoms with Crippen LogP contribution in [0.15, 0.2) is 0 Å². The van der Waals surface area contributed by atoms with Crippen LogP contribution in [0.3, 0.4) is 0 Å². The number of unbranched alkanes of at least 4 members (excludes halogenated alkanes) is 1. The number of aliphatic hydroxyl groups is 1. The first-order valence-corrected chi connectivity index (χ1v) is 11.0. The van der Waals surface area contributed by atoms with Crippen LogP contribution in [0.25, 0.3) is 0 Å². The lowest BCUT2D eigenvalue weighted by Gasteiger charge is -2.22. The second kappa shape index (κ2) is 16.5. The molecule has 0 radical (unpaired) electrons. The topological polar surface area (TPSA) is 139 Å².